The molecule has 0 aromatic heterocycles. The second-order valence-electron chi connectivity index (χ2n) is 5.74. The molecule has 1 fully saturated rings. The molecular weight excluding hydrogens is 439 g/mol. The summed E-state index contributed by atoms with van der Waals surface area (Å²) < 4.78 is 26.7. The van der Waals surface area contributed by atoms with Gasteiger partial charge in [-0.15, -0.1) is 24.0 Å². The van der Waals surface area contributed by atoms with E-state index in [4.69, 9.17) is 5.73 Å². The van der Waals surface area contributed by atoms with Gasteiger partial charge in [0.15, 0.2) is 5.96 Å². The Kier molecular flexibility index (Phi) is 8.99. The van der Waals surface area contributed by atoms with Crippen LogP contribution >= 0.6 is 24.0 Å². The number of nitrogens with zero attached hydrogens (tertiary/aromatic N) is 2. The first kappa shape index (κ1) is 21.2. The van der Waals surface area contributed by atoms with Crippen LogP contribution in [0.2, 0.25) is 0 Å². The molecule has 0 spiro atoms. The summed E-state index contributed by atoms with van der Waals surface area (Å²) in [5.41, 5.74) is 6.67. The van der Waals surface area contributed by atoms with E-state index in [1.165, 1.54) is 0 Å². The Morgan fingerprint density at radius 3 is 2.42 bits per heavy atom. The minimum Gasteiger partial charge on any atom is -0.370 e. The van der Waals surface area contributed by atoms with Gasteiger partial charge in [0.05, 0.1) is 11.4 Å². The average molecular weight is 466 g/mol. The smallest absolute Gasteiger partial charge is 0.243 e. The van der Waals surface area contributed by atoms with Crippen LogP contribution in [0.15, 0.2) is 34.2 Å². The molecule has 136 valence electrons. The van der Waals surface area contributed by atoms with Crippen LogP contribution in [0.3, 0.4) is 0 Å². The molecule has 1 aliphatic rings. The number of nitrogens with two attached hydrogens (primary N) is 1. The molecular formula is C16H27IN4O2S. The second-order valence-corrected chi connectivity index (χ2v) is 7.67. The van der Waals surface area contributed by atoms with Gasteiger partial charge >= 0.3 is 0 Å². The zero-order chi connectivity index (χ0) is 16.7. The minimum atomic E-state index is -3.36. The van der Waals surface area contributed by atoms with Crippen LogP contribution in [0.4, 0.5) is 0 Å². The molecule has 1 heterocycles. The number of benzene rings is 1. The Labute approximate surface area is 162 Å². The monoisotopic (exact) mass is 466 g/mol. The quantitative estimate of drug-likeness (QED) is 0.383. The fourth-order valence-corrected chi connectivity index (χ4v) is 4.02. The summed E-state index contributed by atoms with van der Waals surface area (Å²) in [5.74, 6) is 0.414. The molecule has 1 aromatic carbocycles. The molecule has 8 heteroatoms. The Hall–Kier alpha value is -0.870. The lowest BCUT2D eigenvalue weighted by Crippen LogP contribution is -2.35. The highest BCUT2D eigenvalue weighted by Crippen LogP contribution is 2.20. The van der Waals surface area contributed by atoms with Crippen molar-refractivity contribution in [1.82, 2.24) is 9.62 Å². The third-order valence-electron chi connectivity index (χ3n) is 3.86. The van der Waals surface area contributed by atoms with Crippen molar-refractivity contribution in [2.24, 2.45) is 10.7 Å². The number of aliphatic imine (C=N–C) groups is 1. The maximum atomic E-state index is 12.6. The van der Waals surface area contributed by atoms with Gasteiger partial charge in [0, 0.05) is 19.6 Å². The fourth-order valence-electron chi connectivity index (χ4n) is 2.51. The van der Waals surface area contributed by atoms with E-state index in [1.807, 2.05) is 0 Å². The van der Waals surface area contributed by atoms with Crippen molar-refractivity contribution in [3.8, 4) is 0 Å². The number of halogens is 1. The normalized spacial score (nSPS) is 16.5. The van der Waals surface area contributed by atoms with Gasteiger partial charge in [0.2, 0.25) is 10.0 Å². The molecule has 3 N–H and O–H groups in total. The van der Waals surface area contributed by atoms with Crippen LogP contribution in [0, 0.1) is 0 Å². The van der Waals surface area contributed by atoms with Crippen LogP contribution in [-0.4, -0.2) is 38.3 Å². The molecule has 0 amide bonds. The second kappa shape index (κ2) is 10.2. The number of nitrogens with one attached hydrogen (secondary N) is 1. The van der Waals surface area contributed by atoms with Crippen LogP contribution in [0.25, 0.3) is 0 Å². The summed E-state index contributed by atoms with van der Waals surface area (Å²) in [7, 11) is -3.36. The van der Waals surface area contributed by atoms with E-state index in [2.05, 4.69) is 17.2 Å². The highest BCUT2D eigenvalue weighted by atomic mass is 127. The summed E-state index contributed by atoms with van der Waals surface area (Å²) in [6.45, 7) is 4.53. The Bertz CT molecular complexity index is 626. The minimum absolute atomic E-state index is 0. The number of piperidine rings is 1. The molecule has 0 unspecified atom stereocenters. The fraction of sp³-hybridized carbons (Fsp3) is 0.562. The topological polar surface area (TPSA) is 87.8 Å². The molecule has 1 aliphatic heterocycles. The molecule has 2 rings (SSSR count). The predicted molar refractivity (Wildman–Crippen MR) is 108 cm³/mol. The zero-order valence-electron chi connectivity index (χ0n) is 14.1. The number of rotatable bonds is 6. The highest BCUT2D eigenvalue weighted by Gasteiger charge is 2.25. The van der Waals surface area contributed by atoms with Gasteiger partial charge in [-0.05, 0) is 37.0 Å². The van der Waals surface area contributed by atoms with Crippen LogP contribution in [0.1, 0.15) is 38.2 Å². The molecule has 6 nitrogen and oxygen atoms in total. The molecule has 1 aromatic rings. The standard InChI is InChI=1S/C16H26N4O2S.HI/c1-2-10-18-16(17)19-13-14-6-8-15(9-7-14)23(21,22)20-11-4-3-5-12-20;/h6-9H,2-5,10-13H2,1H3,(H3,17,18,19);1H. The first-order valence-electron chi connectivity index (χ1n) is 8.17. The van der Waals surface area contributed by atoms with Crippen LogP contribution in [-0.2, 0) is 16.6 Å². The number of sulfonamides is 1. The van der Waals surface area contributed by atoms with Gasteiger partial charge in [0.25, 0.3) is 0 Å². The maximum Gasteiger partial charge on any atom is 0.243 e. The molecule has 0 saturated carbocycles. The predicted octanol–water partition coefficient (Wildman–Crippen LogP) is 2.29. The van der Waals surface area contributed by atoms with Gasteiger partial charge in [-0.1, -0.05) is 25.5 Å². The molecule has 0 radical (unpaired) electrons. The SMILES string of the molecule is CCCNC(N)=NCc1ccc(S(=O)(=O)N2CCCCC2)cc1.I. The van der Waals surface area contributed by atoms with Crippen LogP contribution < -0.4 is 11.1 Å². The molecule has 24 heavy (non-hydrogen) atoms. The van der Waals surface area contributed by atoms with Crippen LogP contribution in [0.5, 0.6) is 0 Å². The van der Waals surface area contributed by atoms with E-state index in [1.54, 1.807) is 28.6 Å². The Morgan fingerprint density at radius 1 is 1.21 bits per heavy atom. The Balaban J connectivity index is 0.00000288. The van der Waals surface area contributed by atoms with E-state index in [0.717, 1.165) is 37.8 Å². The molecule has 1 saturated heterocycles. The summed E-state index contributed by atoms with van der Waals surface area (Å²) in [5, 5.41) is 3.01. The summed E-state index contributed by atoms with van der Waals surface area (Å²) in [6.07, 6.45) is 3.97. The number of guanidine groups is 1. The van der Waals surface area contributed by atoms with Gasteiger partial charge in [-0.25, -0.2) is 13.4 Å². The van der Waals surface area contributed by atoms with Gasteiger partial charge < -0.3 is 11.1 Å². The molecule has 0 atom stereocenters. The van der Waals surface area contributed by atoms with E-state index < -0.39 is 10.0 Å². The maximum absolute atomic E-state index is 12.6. The first-order chi connectivity index (χ1) is 11.0. The van der Waals surface area contributed by atoms with Crippen molar-refractivity contribution in [1.29, 1.82) is 0 Å². The summed E-state index contributed by atoms with van der Waals surface area (Å²) >= 11 is 0. The van der Waals surface area contributed by atoms with Crippen molar-refractivity contribution in [3.05, 3.63) is 29.8 Å². The van der Waals surface area contributed by atoms with Crippen molar-refractivity contribution in [2.75, 3.05) is 19.6 Å². The van der Waals surface area contributed by atoms with E-state index >= 15 is 0 Å². The van der Waals surface area contributed by atoms with Crippen molar-refractivity contribution in [3.63, 3.8) is 0 Å². The third-order valence-corrected chi connectivity index (χ3v) is 5.78. The third kappa shape index (κ3) is 5.89. The van der Waals surface area contributed by atoms with Gasteiger partial charge in [0.1, 0.15) is 0 Å². The van der Waals surface area contributed by atoms with E-state index in [9.17, 15) is 8.42 Å². The summed E-state index contributed by atoms with van der Waals surface area (Å²) in [4.78, 5) is 4.59. The zero-order valence-corrected chi connectivity index (χ0v) is 17.2. The van der Waals surface area contributed by atoms with E-state index in [0.29, 0.717) is 30.5 Å². The van der Waals surface area contributed by atoms with Gasteiger partial charge in [-0.2, -0.15) is 4.31 Å². The lowest BCUT2D eigenvalue weighted by Gasteiger charge is -2.25. The van der Waals surface area contributed by atoms with Crippen molar-refractivity contribution in [2.45, 2.75) is 44.0 Å². The number of hydrogen-bond donors (Lipinski definition) is 2. The number of hydrogen-bond acceptors (Lipinski definition) is 3. The largest absolute Gasteiger partial charge is 0.370 e. The lowest BCUT2D eigenvalue weighted by atomic mass is 10.2. The van der Waals surface area contributed by atoms with E-state index in [-0.39, 0.29) is 24.0 Å². The Morgan fingerprint density at radius 2 is 1.83 bits per heavy atom. The lowest BCUT2D eigenvalue weighted by molar-refractivity contribution is 0.346. The van der Waals surface area contributed by atoms with Crippen molar-refractivity contribution < 1.29 is 8.42 Å². The molecule has 0 bridgehead atoms. The van der Waals surface area contributed by atoms with Crippen molar-refractivity contribution >= 4 is 40.0 Å². The first-order valence-corrected chi connectivity index (χ1v) is 9.61. The summed E-state index contributed by atoms with van der Waals surface area (Å²) in [6, 6.07) is 6.91. The molecule has 0 aliphatic carbocycles. The highest BCUT2D eigenvalue weighted by molar-refractivity contribution is 14.0. The average Bonchev–Trinajstić information content (AvgIpc) is 2.59. The van der Waals surface area contributed by atoms with Gasteiger partial charge in [-0.3, -0.25) is 0 Å².